The number of nitrogens with one attached hydrogen (secondary N) is 1. The van der Waals surface area contributed by atoms with Crippen molar-refractivity contribution >= 4 is 18.0 Å². The second-order valence-electron chi connectivity index (χ2n) is 8.50. The zero-order valence-electron chi connectivity index (χ0n) is 17.0. The SMILES string of the molecule is O=C(O)CC(NC(=O)OCC1c2ccccc2-c2ccccc21)C(=O)N1CCC2CC21. The van der Waals surface area contributed by atoms with E-state index in [1.165, 1.54) is 0 Å². The van der Waals surface area contributed by atoms with Crippen molar-refractivity contribution in [2.45, 2.75) is 37.3 Å². The van der Waals surface area contributed by atoms with Gasteiger partial charge in [0.1, 0.15) is 12.6 Å². The first-order valence-electron chi connectivity index (χ1n) is 10.7. The van der Waals surface area contributed by atoms with E-state index >= 15 is 0 Å². The van der Waals surface area contributed by atoms with E-state index in [9.17, 15) is 19.5 Å². The van der Waals surface area contributed by atoms with Gasteiger partial charge in [0, 0.05) is 18.5 Å². The van der Waals surface area contributed by atoms with E-state index in [-0.39, 0.29) is 24.5 Å². The molecule has 7 heteroatoms. The summed E-state index contributed by atoms with van der Waals surface area (Å²) in [5.74, 6) is -1.04. The van der Waals surface area contributed by atoms with E-state index in [1.807, 2.05) is 36.4 Å². The number of hydrogen-bond acceptors (Lipinski definition) is 4. The molecule has 1 heterocycles. The van der Waals surface area contributed by atoms with Crippen molar-refractivity contribution in [3.63, 3.8) is 0 Å². The van der Waals surface area contributed by atoms with E-state index in [1.54, 1.807) is 4.90 Å². The zero-order valence-corrected chi connectivity index (χ0v) is 17.0. The van der Waals surface area contributed by atoms with Crippen LogP contribution in [0.4, 0.5) is 4.79 Å². The lowest BCUT2D eigenvalue weighted by molar-refractivity contribution is -0.142. The van der Waals surface area contributed by atoms with Crippen LogP contribution in [0.5, 0.6) is 0 Å². The number of likely N-dealkylation sites (tertiary alicyclic amines) is 1. The molecule has 2 amide bonds. The highest BCUT2D eigenvalue weighted by molar-refractivity contribution is 5.90. The Morgan fingerprint density at radius 2 is 1.71 bits per heavy atom. The second-order valence-corrected chi connectivity index (χ2v) is 8.50. The summed E-state index contributed by atoms with van der Waals surface area (Å²) in [6.07, 6.45) is 0.683. The number of nitrogens with zero attached hydrogens (tertiary/aromatic N) is 1. The molecule has 3 atom stereocenters. The molecule has 2 N–H and O–H groups in total. The van der Waals surface area contributed by atoms with Crippen molar-refractivity contribution < 1.29 is 24.2 Å². The minimum atomic E-state index is -1.14. The Balaban J connectivity index is 1.26. The monoisotopic (exact) mass is 420 g/mol. The second kappa shape index (κ2) is 7.72. The van der Waals surface area contributed by atoms with Crippen molar-refractivity contribution in [3.8, 4) is 11.1 Å². The number of piperidine rings is 1. The molecule has 0 aromatic heterocycles. The number of aliphatic carboxylic acids is 1. The molecule has 1 saturated carbocycles. The van der Waals surface area contributed by atoms with Crippen LogP contribution >= 0.6 is 0 Å². The highest BCUT2D eigenvalue weighted by atomic mass is 16.5. The average molecular weight is 420 g/mol. The molecule has 2 aliphatic carbocycles. The lowest BCUT2D eigenvalue weighted by atomic mass is 9.98. The number of benzene rings is 2. The third-order valence-electron chi connectivity index (χ3n) is 6.62. The molecule has 2 aromatic carbocycles. The summed E-state index contributed by atoms with van der Waals surface area (Å²) in [4.78, 5) is 38.4. The van der Waals surface area contributed by atoms with Gasteiger partial charge in [-0.15, -0.1) is 0 Å². The number of amides is 2. The van der Waals surface area contributed by atoms with Gasteiger partial charge in [-0.25, -0.2) is 4.79 Å². The molecule has 3 unspecified atom stereocenters. The topological polar surface area (TPSA) is 95.9 Å². The molecule has 1 saturated heterocycles. The van der Waals surface area contributed by atoms with Crippen molar-refractivity contribution in [1.82, 2.24) is 10.2 Å². The van der Waals surface area contributed by atoms with Gasteiger partial charge < -0.3 is 20.1 Å². The van der Waals surface area contributed by atoms with Gasteiger partial charge in [-0.05, 0) is 41.0 Å². The van der Waals surface area contributed by atoms with Crippen molar-refractivity contribution in [2.75, 3.05) is 13.2 Å². The van der Waals surface area contributed by atoms with Crippen LogP contribution in [0.2, 0.25) is 0 Å². The molecule has 0 spiro atoms. The normalized spacial score (nSPS) is 21.6. The minimum absolute atomic E-state index is 0.0995. The summed E-state index contributed by atoms with van der Waals surface area (Å²) >= 11 is 0. The summed E-state index contributed by atoms with van der Waals surface area (Å²) in [6.45, 7) is 0.735. The first-order valence-corrected chi connectivity index (χ1v) is 10.7. The Kier molecular flexibility index (Phi) is 4.88. The molecule has 3 aliphatic rings. The van der Waals surface area contributed by atoms with Gasteiger partial charge in [-0.1, -0.05) is 48.5 Å². The van der Waals surface area contributed by atoms with E-state index in [4.69, 9.17) is 4.74 Å². The Morgan fingerprint density at radius 3 is 2.26 bits per heavy atom. The van der Waals surface area contributed by atoms with E-state index in [2.05, 4.69) is 17.4 Å². The highest BCUT2D eigenvalue weighted by Gasteiger charge is 2.50. The van der Waals surface area contributed by atoms with Crippen LogP contribution in [-0.2, 0) is 14.3 Å². The number of alkyl carbamates (subject to hydrolysis) is 1. The van der Waals surface area contributed by atoms with E-state index < -0.39 is 24.5 Å². The predicted molar refractivity (Wildman–Crippen MR) is 112 cm³/mol. The van der Waals surface area contributed by atoms with Gasteiger partial charge in [0.25, 0.3) is 0 Å². The molecule has 1 aliphatic heterocycles. The Bertz CT molecular complexity index is 1010. The van der Waals surface area contributed by atoms with Crippen LogP contribution in [0.1, 0.15) is 36.3 Å². The van der Waals surface area contributed by atoms with Gasteiger partial charge in [-0.3, -0.25) is 9.59 Å². The molecular weight excluding hydrogens is 396 g/mol. The summed E-state index contributed by atoms with van der Waals surface area (Å²) in [5.41, 5.74) is 4.43. The van der Waals surface area contributed by atoms with Crippen LogP contribution in [0.25, 0.3) is 11.1 Å². The van der Waals surface area contributed by atoms with Gasteiger partial charge in [0.05, 0.1) is 6.42 Å². The molecule has 0 bridgehead atoms. The van der Waals surface area contributed by atoms with Crippen LogP contribution in [-0.4, -0.2) is 53.2 Å². The third-order valence-corrected chi connectivity index (χ3v) is 6.62. The fourth-order valence-corrected chi connectivity index (χ4v) is 5.03. The lowest BCUT2D eigenvalue weighted by Crippen LogP contribution is -2.49. The molecule has 0 radical (unpaired) electrons. The summed E-state index contributed by atoms with van der Waals surface area (Å²) < 4.78 is 5.49. The van der Waals surface area contributed by atoms with Crippen LogP contribution < -0.4 is 5.32 Å². The maximum atomic E-state index is 12.8. The number of fused-ring (bicyclic) bond motifs is 4. The number of carbonyl (C=O) groups excluding carboxylic acids is 2. The number of carboxylic acids is 1. The van der Waals surface area contributed by atoms with Crippen LogP contribution in [0.15, 0.2) is 48.5 Å². The van der Waals surface area contributed by atoms with Crippen LogP contribution in [0, 0.1) is 5.92 Å². The van der Waals surface area contributed by atoms with Crippen molar-refractivity contribution in [2.24, 2.45) is 5.92 Å². The number of hydrogen-bond donors (Lipinski definition) is 2. The molecular formula is C24H24N2O5. The van der Waals surface area contributed by atoms with E-state index in [0.717, 1.165) is 35.1 Å². The first kappa shape index (κ1) is 19.6. The third kappa shape index (κ3) is 3.65. The number of ether oxygens (including phenoxy) is 1. The van der Waals surface area contributed by atoms with Gasteiger partial charge in [0.2, 0.25) is 5.91 Å². The van der Waals surface area contributed by atoms with Gasteiger partial charge in [-0.2, -0.15) is 0 Å². The fourth-order valence-electron chi connectivity index (χ4n) is 5.03. The number of carbonyl (C=O) groups is 3. The molecule has 5 rings (SSSR count). The Labute approximate surface area is 180 Å². The minimum Gasteiger partial charge on any atom is -0.481 e. The zero-order chi connectivity index (χ0) is 21.5. The average Bonchev–Trinajstić information content (AvgIpc) is 3.30. The van der Waals surface area contributed by atoms with Crippen molar-refractivity contribution in [1.29, 1.82) is 0 Å². The largest absolute Gasteiger partial charge is 0.481 e. The Hall–Kier alpha value is -3.35. The first-order chi connectivity index (χ1) is 15.0. The Morgan fingerprint density at radius 1 is 1.06 bits per heavy atom. The standard InChI is InChI=1S/C24H24N2O5/c27-22(28)12-20(23(29)26-10-9-14-11-21(14)26)25-24(30)31-13-19-17-7-3-1-5-15(17)16-6-2-4-8-18(16)19/h1-8,14,19-21H,9-13H2,(H,25,30)(H,27,28). The molecule has 31 heavy (non-hydrogen) atoms. The number of carboxylic acid groups (broad SMARTS) is 1. The smallest absolute Gasteiger partial charge is 0.407 e. The molecule has 160 valence electrons. The molecule has 7 nitrogen and oxygen atoms in total. The van der Waals surface area contributed by atoms with Gasteiger partial charge >= 0.3 is 12.1 Å². The van der Waals surface area contributed by atoms with Gasteiger partial charge in [0.15, 0.2) is 0 Å². The fraction of sp³-hybridized carbons (Fsp3) is 0.375. The summed E-state index contributed by atoms with van der Waals surface area (Å²) in [7, 11) is 0. The quantitative estimate of drug-likeness (QED) is 0.749. The predicted octanol–water partition coefficient (Wildman–Crippen LogP) is 2.99. The summed E-state index contributed by atoms with van der Waals surface area (Å²) in [6, 6.07) is 15.1. The lowest BCUT2D eigenvalue weighted by Gasteiger charge is -2.24. The highest BCUT2D eigenvalue weighted by Crippen LogP contribution is 2.45. The molecule has 2 aromatic rings. The van der Waals surface area contributed by atoms with Crippen molar-refractivity contribution in [3.05, 3.63) is 59.7 Å². The van der Waals surface area contributed by atoms with Crippen LogP contribution in [0.3, 0.4) is 0 Å². The number of rotatable bonds is 6. The maximum absolute atomic E-state index is 12.8. The molecule has 2 fully saturated rings. The maximum Gasteiger partial charge on any atom is 0.407 e. The van der Waals surface area contributed by atoms with E-state index in [0.29, 0.717) is 12.5 Å². The summed E-state index contributed by atoms with van der Waals surface area (Å²) in [5, 5.41) is 11.7.